The number of hydrogen-bond acceptors (Lipinski definition) is 5. The molecule has 134 valence electrons. The number of ether oxygens (including phenoxy) is 2. The van der Waals surface area contributed by atoms with Crippen LogP contribution in [-0.4, -0.2) is 39.6 Å². The van der Waals surface area contributed by atoms with Crippen LogP contribution in [0.4, 0.5) is 0 Å². The van der Waals surface area contributed by atoms with Crippen LogP contribution in [0, 0.1) is 0 Å². The highest BCUT2D eigenvalue weighted by Gasteiger charge is 2.15. The first-order valence-corrected chi connectivity index (χ1v) is 7.68. The van der Waals surface area contributed by atoms with Crippen molar-refractivity contribution in [3.05, 3.63) is 47.9 Å². The Morgan fingerprint density at radius 3 is 2.60 bits per heavy atom. The molecule has 0 saturated heterocycles. The topological polar surface area (TPSA) is 94.2 Å². The molecule has 0 aliphatic rings. The van der Waals surface area contributed by atoms with Crippen molar-refractivity contribution in [2.45, 2.75) is 6.54 Å². The number of nitrogens with one attached hydrogen (secondary N) is 3. The second-order valence-corrected chi connectivity index (χ2v) is 5.47. The van der Waals surface area contributed by atoms with Crippen molar-refractivity contribution in [3.8, 4) is 11.5 Å². The lowest BCUT2D eigenvalue weighted by molar-refractivity contribution is -0.885. The summed E-state index contributed by atoms with van der Waals surface area (Å²) in [7, 11) is 5.05. The Bertz CT molecular complexity index is 715. The minimum Gasteiger partial charge on any atom is -0.497 e. The van der Waals surface area contributed by atoms with Crippen LogP contribution < -0.4 is 25.2 Å². The van der Waals surface area contributed by atoms with Gasteiger partial charge in [0.2, 0.25) is 0 Å². The van der Waals surface area contributed by atoms with Gasteiger partial charge in [0.05, 0.1) is 27.5 Å². The van der Waals surface area contributed by atoms with Crippen molar-refractivity contribution < 1.29 is 28.4 Å². The second kappa shape index (κ2) is 8.74. The molecule has 3 N–H and O–H groups in total. The Balaban J connectivity index is 1.84. The van der Waals surface area contributed by atoms with Gasteiger partial charge in [-0.3, -0.25) is 20.4 Å². The summed E-state index contributed by atoms with van der Waals surface area (Å²) in [4.78, 5) is 24.5. The predicted molar refractivity (Wildman–Crippen MR) is 89.3 cm³/mol. The van der Waals surface area contributed by atoms with Crippen LogP contribution in [0.1, 0.15) is 16.1 Å². The molecule has 25 heavy (non-hydrogen) atoms. The van der Waals surface area contributed by atoms with Crippen molar-refractivity contribution in [3.63, 3.8) is 0 Å². The van der Waals surface area contributed by atoms with Gasteiger partial charge in [-0.05, 0) is 24.3 Å². The summed E-state index contributed by atoms with van der Waals surface area (Å²) < 4.78 is 15.5. The lowest BCUT2D eigenvalue weighted by atomic mass is 10.2. The molecule has 1 aromatic carbocycles. The van der Waals surface area contributed by atoms with Crippen molar-refractivity contribution in [1.29, 1.82) is 0 Å². The van der Waals surface area contributed by atoms with E-state index in [2.05, 4.69) is 10.9 Å². The maximum Gasteiger partial charge on any atom is 0.305 e. The number of hydrogen-bond donors (Lipinski definition) is 3. The summed E-state index contributed by atoms with van der Waals surface area (Å²) in [5.74, 6) is 0.712. The number of carbonyl (C=O) groups excluding carboxylic acids is 2. The fourth-order valence-electron chi connectivity index (χ4n) is 2.30. The van der Waals surface area contributed by atoms with Gasteiger partial charge in [0.1, 0.15) is 18.0 Å². The summed E-state index contributed by atoms with van der Waals surface area (Å²) in [6.45, 7) is 0.750. The Kier molecular flexibility index (Phi) is 6.41. The number of likely N-dealkylation sites (N-methyl/N-ethyl adjacent to an activating group) is 1. The first-order valence-electron chi connectivity index (χ1n) is 7.68. The van der Waals surface area contributed by atoms with Crippen LogP contribution >= 0.6 is 0 Å². The van der Waals surface area contributed by atoms with E-state index in [1.807, 2.05) is 19.2 Å². The van der Waals surface area contributed by atoms with Gasteiger partial charge in [-0.25, -0.2) is 0 Å². The van der Waals surface area contributed by atoms with Crippen LogP contribution in [0.15, 0.2) is 41.0 Å². The third-order valence-corrected chi connectivity index (χ3v) is 3.51. The zero-order valence-corrected chi connectivity index (χ0v) is 14.4. The van der Waals surface area contributed by atoms with E-state index >= 15 is 0 Å². The molecule has 0 fully saturated rings. The summed E-state index contributed by atoms with van der Waals surface area (Å²) in [5, 5.41) is 0. The maximum absolute atomic E-state index is 11.9. The van der Waals surface area contributed by atoms with Gasteiger partial charge in [0, 0.05) is 11.6 Å². The SMILES string of the molecule is COc1ccc(C[NH+](C)CC(=O)NNC(=O)c2ccco2)c(OC)c1. The third kappa shape index (κ3) is 5.25. The molecule has 8 nitrogen and oxygen atoms in total. The number of amides is 2. The normalized spacial score (nSPS) is 11.5. The Hall–Kier alpha value is -3.00. The van der Waals surface area contributed by atoms with E-state index in [9.17, 15) is 9.59 Å². The summed E-state index contributed by atoms with van der Waals surface area (Å²) in [5.41, 5.74) is 5.62. The van der Waals surface area contributed by atoms with Gasteiger partial charge in [-0.2, -0.15) is 0 Å². The number of benzene rings is 1. The average molecular weight is 348 g/mol. The molecule has 0 aliphatic heterocycles. The lowest BCUT2D eigenvalue weighted by Crippen LogP contribution is -3.09. The van der Waals surface area contributed by atoms with Crippen molar-refractivity contribution in [2.24, 2.45) is 0 Å². The predicted octanol–water partition coefficient (Wildman–Crippen LogP) is -0.227. The van der Waals surface area contributed by atoms with Gasteiger partial charge in [-0.1, -0.05) is 0 Å². The Morgan fingerprint density at radius 1 is 1.16 bits per heavy atom. The number of hydrazine groups is 1. The number of rotatable bonds is 7. The number of quaternary nitrogens is 1. The van der Waals surface area contributed by atoms with Gasteiger partial charge in [0.25, 0.3) is 5.91 Å². The van der Waals surface area contributed by atoms with Gasteiger partial charge in [-0.15, -0.1) is 0 Å². The highest BCUT2D eigenvalue weighted by molar-refractivity contribution is 5.92. The van der Waals surface area contributed by atoms with E-state index in [1.54, 1.807) is 26.4 Å². The molecule has 2 aromatic rings. The smallest absolute Gasteiger partial charge is 0.305 e. The number of methoxy groups -OCH3 is 2. The molecule has 1 aromatic heterocycles. The summed E-state index contributed by atoms with van der Waals surface area (Å²) in [6, 6.07) is 8.64. The number of carbonyl (C=O) groups is 2. The minimum atomic E-state index is -0.507. The maximum atomic E-state index is 11.9. The number of furan rings is 1. The van der Waals surface area contributed by atoms with Crippen LogP contribution in [0.25, 0.3) is 0 Å². The van der Waals surface area contributed by atoms with E-state index in [-0.39, 0.29) is 18.2 Å². The Labute approximate surface area is 145 Å². The van der Waals surface area contributed by atoms with E-state index in [1.165, 1.54) is 12.3 Å². The molecule has 0 saturated carbocycles. The molecule has 1 unspecified atom stereocenters. The zero-order valence-electron chi connectivity index (χ0n) is 14.4. The van der Waals surface area contributed by atoms with E-state index in [4.69, 9.17) is 13.9 Å². The van der Waals surface area contributed by atoms with Crippen molar-refractivity contribution >= 4 is 11.8 Å². The molecule has 1 atom stereocenters. The molecule has 0 radical (unpaired) electrons. The lowest BCUT2D eigenvalue weighted by Gasteiger charge is -2.16. The van der Waals surface area contributed by atoms with Crippen molar-refractivity contribution in [2.75, 3.05) is 27.8 Å². The first kappa shape index (κ1) is 18.3. The molecule has 1 heterocycles. The van der Waals surface area contributed by atoms with Gasteiger partial charge >= 0.3 is 5.91 Å². The molecular formula is C17H22N3O5+. The second-order valence-electron chi connectivity index (χ2n) is 5.47. The van der Waals surface area contributed by atoms with Gasteiger partial charge in [0.15, 0.2) is 12.3 Å². The fourth-order valence-corrected chi connectivity index (χ4v) is 2.30. The molecular weight excluding hydrogens is 326 g/mol. The van der Waals surface area contributed by atoms with E-state index in [0.717, 1.165) is 10.5 Å². The molecule has 0 spiro atoms. The monoisotopic (exact) mass is 348 g/mol. The highest BCUT2D eigenvalue weighted by atomic mass is 16.5. The highest BCUT2D eigenvalue weighted by Crippen LogP contribution is 2.23. The third-order valence-electron chi connectivity index (χ3n) is 3.51. The molecule has 0 aliphatic carbocycles. The van der Waals surface area contributed by atoms with Crippen LogP contribution in [0.2, 0.25) is 0 Å². The van der Waals surface area contributed by atoms with Crippen LogP contribution in [0.5, 0.6) is 11.5 Å². The minimum absolute atomic E-state index is 0.129. The molecule has 2 rings (SSSR count). The van der Waals surface area contributed by atoms with Gasteiger partial charge < -0.3 is 18.8 Å². The largest absolute Gasteiger partial charge is 0.497 e. The van der Waals surface area contributed by atoms with Crippen LogP contribution in [-0.2, 0) is 11.3 Å². The van der Waals surface area contributed by atoms with Crippen LogP contribution in [0.3, 0.4) is 0 Å². The quantitative estimate of drug-likeness (QED) is 0.601. The zero-order chi connectivity index (χ0) is 18.2. The Morgan fingerprint density at radius 2 is 1.96 bits per heavy atom. The fraction of sp³-hybridized carbons (Fsp3) is 0.294. The molecule has 8 heteroatoms. The summed E-state index contributed by atoms with van der Waals surface area (Å²) in [6.07, 6.45) is 1.39. The van der Waals surface area contributed by atoms with E-state index < -0.39 is 5.91 Å². The summed E-state index contributed by atoms with van der Waals surface area (Å²) >= 11 is 0. The molecule has 0 bridgehead atoms. The average Bonchev–Trinajstić information content (AvgIpc) is 3.14. The molecule has 2 amide bonds. The standard InChI is InChI=1S/C17H21N3O5/c1-20(10-12-6-7-13(23-2)9-15(12)24-3)11-16(21)18-19-17(22)14-5-4-8-25-14/h4-9H,10-11H2,1-3H3,(H,18,21)(H,19,22)/p+1. The first-order chi connectivity index (χ1) is 12.0. The van der Waals surface area contributed by atoms with Crippen molar-refractivity contribution in [1.82, 2.24) is 10.9 Å². The van der Waals surface area contributed by atoms with E-state index in [0.29, 0.717) is 18.0 Å².